The third-order valence-corrected chi connectivity index (χ3v) is 5.99. The van der Waals surface area contributed by atoms with Crippen molar-refractivity contribution in [1.82, 2.24) is 19.3 Å². The number of benzene rings is 1. The Kier molecular flexibility index (Phi) is 5.21. The summed E-state index contributed by atoms with van der Waals surface area (Å²) in [6, 6.07) is 6.00. The van der Waals surface area contributed by atoms with Gasteiger partial charge in [-0.25, -0.2) is 32.3 Å². The highest BCUT2D eigenvalue weighted by molar-refractivity contribution is 7.90. The number of hydrogen-bond donors (Lipinski definition) is 0. The number of rotatable bonds is 4. The van der Waals surface area contributed by atoms with Crippen molar-refractivity contribution in [2.75, 3.05) is 13.4 Å². The lowest BCUT2D eigenvalue weighted by molar-refractivity contribution is -0.146. The summed E-state index contributed by atoms with van der Waals surface area (Å²) in [5, 5.41) is -0.386. The summed E-state index contributed by atoms with van der Waals surface area (Å²) in [5.74, 6) is -1.03. The molecule has 2 aromatic heterocycles. The maximum absolute atomic E-state index is 13.5. The van der Waals surface area contributed by atoms with Crippen LogP contribution in [0.15, 0.2) is 46.5 Å². The van der Waals surface area contributed by atoms with E-state index in [2.05, 4.69) is 9.97 Å². The van der Waals surface area contributed by atoms with Gasteiger partial charge in [-0.1, -0.05) is 12.1 Å². The van der Waals surface area contributed by atoms with E-state index >= 15 is 0 Å². The lowest BCUT2D eigenvalue weighted by atomic mass is 10.0. The van der Waals surface area contributed by atoms with E-state index in [-0.39, 0.29) is 16.4 Å². The fourth-order valence-corrected chi connectivity index (χ4v) is 4.31. The fraction of sp³-hybridized carbons (Fsp3) is 0.300. The normalized spacial score (nSPS) is 16.0. The van der Waals surface area contributed by atoms with E-state index in [1.807, 2.05) is 0 Å². The topological polar surface area (TPSA) is 113 Å². The highest BCUT2D eigenvalue weighted by Gasteiger charge is 2.34. The van der Waals surface area contributed by atoms with Crippen molar-refractivity contribution in [3.8, 4) is 22.5 Å². The number of fused-ring (bicyclic) bond motifs is 1. The van der Waals surface area contributed by atoms with E-state index in [1.165, 1.54) is 48.3 Å². The quantitative estimate of drug-likeness (QED) is 0.444. The predicted molar refractivity (Wildman–Crippen MR) is 109 cm³/mol. The van der Waals surface area contributed by atoms with Crippen LogP contribution in [0, 0.1) is 5.82 Å². The van der Waals surface area contributed by atoms with Crippen LogP contribution in [0.1, 0.15) is 18.9 Å². The Labute approximate surface area is 177 Å². The van der Waals surface area contributed by atoms with Crippen LogP contribution >= 0.6 is 0 Å². The predicted octanol–water partition coefficient (Wildman–Crippen LogP) is 1.82. The van der Waals surface area contributed by atoms with Crippen molar-refractivity contribution >= 4 is 15.8 Å². The maximum atomic E-state index is 13.5. The lowest BCUT2D eigenvalue weighted by Crippen LogP contribution is -2.37. The number of ether oxygens (including phenoxy) is 1. The molecule has 0 saturated carbocycles. The summed E-state index contributed by atoms with van der Waals surface area (Å²) in [7, 11) is -2.45. The van der Waals surface area contributed by atoms with Gasteiger partial charge in [-0.3, -0.25) is 9.48 Å². The fourth-order valence-electron chi connectivity index (χ4n) is 3.79. The average Bonchev–Trinajstić information content (AvgIpc) is 3.06. The summed E-state index contributed by atoms with van der Waals surface area (Å²) in [6.45, 7) is 0.400. The average molecular weight is 446 g/mol. The van der Waals surface area contributed by atoms with Crippen LogP contribution in [0.25, 0.3) is 22.5 Å². The third-order valence-electron chi connectivity index (χ3n) is 5.13. The molecule has 3 aromatic rings. The van der Waals surface area contributed by atoms with Gasteiger partial charge in [-0.2, -0.15) is 0 Å². The molecule has 1 aromatic carbocycles. The minimum Gasteiger partial charge on any atom is -0.467 e. The summed E-state index contributed by atoms with van der Waals surface area (Å²) in [5.41, 5.74) is 0.665. The van der Waals surface area contributed by atoms with Gasteiger partial charge < -0.3 is 4.74 Å². The maximum Gasteiger partial charge on any atom is 0.330 e. The molecule has 31 heavy (non-hydrogen) atoms. The van der Waals surface area contributed by atoms with E-state index in [0.29, 0.717) is 30.6 Å². The number of methoxy groups -OCH3 is 1. The van der Waals surface area contributed by atoms with Crippen LogP contribution in [-0.4, -0.2) is 47.1 Å². The second-order valence-electron chi connectivity index (χ2n) is 7.18. The number of halogens is 1. The number of carbonyl (C=O) groups excluding carboxylic acids is 1. The van der Waals surface area contributed by atoms with Crippen LogP contribution < -0.4 is 5.56 Å². The lowest BCUT2D eigenvalue weighted by Gasteiger charge is -2.26. The molecule has 0 fully saturated rings. The molecule has 3 heterocycles. The van der Waals surface area contributed by atoms with Crippen LogP contribution in [0.5, 0.6) is 0 Å². The highest BCUT2D eigenvalue weighted by Crippen LogP contribution is 2.34. The molecule has 4 rings (SSSR count). The number of sulfone groups is 1. The molecular formula is C20H19FN4O5S. The summed E-state index contributed by atoms with van der Waals surface area (Å²) in [6.07, 6.45) is 3.29. The highest BCUT2D eigenvalue weighted by atomic mass is 32.2. The minimum atomic E-state index is -3.70. The van der Waals surface area contributed by atoms with Crippen molar-refractivity contribution in [2.45, 2.75) is 30.6 Å². The van der Waals surface area contributed by atoms with Crippen LogP contribution in [0.3, 0.4) is 0 Å². The van der Waals surface area contributed by atoms with Crippen molar-refractivity contribution in [3.05, 3.63) is 52.7 Å². The van der Waals surface area contributed by atoms with E-state index < -0.39 is 33.2 Å². The Morgan fingerprint density at radius 3 is 2.58 bits per heavy atom. The molecule has 1 aliphatic heterocycles. The first-order chi connectivity index (χ1) is 14.7. The molecule has 0 saturated heterocycles. The van der Waals surface area contributed by atoms with E-state index in [4.69, 9.17) is 4.74 Å². The van der Waals surface area contributed by atoms with Gasteiger partial charge in [-0.15, -0.1) is 0 Å². The number of nitrogens with zero attached hydrogens (tertiary/aromatic N) is 4. The molecule has 0 spiro atoms. The van der Waals surface area contributed by atoms with E-state index in [0.717, 1.165) is 6.26 Å². The van der Waals surface area contributed by atoms with Crippen molar-refractivity contribution in [1.29, 1.82) is 0 Å². The van der Waals surface area contributed by atoms with E-state index in [9.17, 15) is 22.4 Å². The largest absolute Gasteiger partial charge is 0.467 e. The Hall–Kier alpha value is -3.34. The molecule has 162 valence electrons. The molecule has 11 heteroatoms. The van der Waals surface area contributed by atoms with Gasteiger partial charge in [0.2, 0.25) is 15.0 Å². The van der Waals surface area contributed by atoms with Crippen molar-refractivity contribution < 1.29 is 22.3 Å². The third kappa shape index (κ3) is 3.65. The van der Waals surface area contributed by atoms with E-state index in [1.54, 1.807) is 4.68 Å². The zero-order valence-corrected chi connectivity index (χ0v) is 17.6. The van der Waals surface area contributed by atoms with Crippen LogP contribution in [0.2, 0.25) is 0 Å². The molecule has 0 aliphatic carbocycles. The van der Waals surface area contributed by atoms with Crippen molar-refractivity contribution in [2.24, 2.45) is 0 Å². The number of carbonyl (C=O) groups is 1. The Bertz CT molecular complexity index is 1330. The molecular weight excluding hydrogens is 427 g/mol. The van der Waals surface area contributed by atoms with Gasteiger partial charge in [0.1, 0.15) is 5.82 Å². The smallest absolute Gasteiger partial charge is 0.330 e. The zero-order chi connectivity index (χ0) is 22.3. The molecule has 9 nitrogen and oxygen atoms in total. The molecule has 0 radical (unpaired) electrons. The Morgan fingerprint density at radius 1 is 1.23 bits per heavy atom. The number of esters is 1. The first-order valence-corrected chi connectivity index (χ1v) is 11.3. The second-order valence-corrected chi connectivity index (χ2v) is 9.09. The first kappa shape index (κ1) is 20.9. The monoisotopic (exact) mass is 446 g/mol. The first-order valence-electron chi connectivity index (χ1n) is 9.45. The molecule has 0 N–H and O–H groups in total. The number of hydrogen-bond acceptors (Lipinski definition) is 7. The van der Waals surface area contributed by atoms with Crippen LogP contribution in [-0.2, 0) is 25.9 Å². The van der Waals surface area contributed by atoms with Gasteiger partial charge in [-0.05, 0) is 36.6 Å². The summed E-state index contributed by atoms with van der Waals surface area (Å²) >= 11 is 0. The standard InChI is InChI=1S/C20H19FN4O5S/c1-30-19(27)15-4-3-11-24-17(14-9-10-22-20(23-14)31(2,28)29)16(18(26)25(15)24)12-5-7-13(21)8-6-12/h5-10,15H,3-4,11H2,1-2H3. The molecule has 0 bridgehead atoms. The molecule has 0 amide bonds. The van der Waals surface area contributed by atoms with Gasteiger partial charge >= 0.3 is 5.97 Å². The van der Waals surface area contributed by atoms with Gasteiger partial charge in [0.15, 0.2) is 6.04 Å². The van der Waals surface area contributed by atoms with Crippen LogP contribution in [0.4, 0.5) is 4.39 Å². The molecule has 1 atom stereocenters. The van der Waals surface area contributed by atoms with Gasteiger partial charge in [0, 0.05) is 19.0 Å². The van der Waals surface area contributed by atoms with Gasteiger partial charge in [0.05, 0.1) is 24.1 Å². The minimum absolute atomic E-state index is 0.189. The summed E-state index contributed by atoms with van der Waals surface area (Å²) in [4.78, 5) is 33.8. The van der Waals surface area contributed by atoms with Gasteiger partial charge in [0.25, 0.3) is 5.56 Å². The molecule has 1 aliphatic rings. The Morgan fingerprint density at radius 2 is 1.94 bits per heavy atom. The summed E-state index contributed by atoms with van der Waals surface area (Å²) < 4.78 is 45.3. The Balaban J connectivity index is 2.06. The SMILES string of the molecule is COC(=O)C1CCCn2c(-c3ccnc(S(C)(=O)=O)n3)c(-c3ccc(F)cc3)c(=O)n21. The zero-order valence-electron chi connectivity index (χ0n) is 16.8. The molecule has 1 unspecified atom stereocenters. The second kappa shape index (κ2) is 7.73. The van der Waals surface area contributed by atoms with Crippen molar-refractivity contribution in [3.63, 3.8) is 0 Å². The number of aromatic nitrogens is 4.